The zero-order chi connectivity index (χ0) is 26.1. The topological polar surface area (TPSA) is 57.7 Å². The van der Waals surface area contributed by atoms with E-state index >= 15 is 0 Å². The van der Waals surface area contributed by atoms with Crippen molar-refractivity contribution in [3.8, 4) is 0 Å². The van der Waals surface area contributed by atoms with Crippen LogP contribution in [0.3, 0.4) is 0 Å². The highest BCUT2D eigenvalue weighted by atomic mass is 16.2. The Balaban J connectivity index is 1.41. The number of rotatable bonds is 3. The largest absolute Gasteiger partial charge is 0.352 e. The number of nitrogens with zero attached hydrogens (tertiary/aromatic N) is 2. The van der Waals surface area contributed by atoms with Gasteiger partial charge in [0.15, 0.2) is 5.78 Å². The minimum absolute atomic E-state index is 0.138. The molecule has 2 saturated heterocycles. The van der Waals surface area contributed by atoms with E-state index in [1.165, 1.54) is 4.90 Å². The van der Waals surface area contributed by atoms with Gasteiger partial charge < -0.3 is 4.90 Å². The number of carbonyl (C=O) groups excluding carboxylic acids is 3. The Hall–Kier alpha value is -4.51. The first-order valence-electron chi connectivity index (χ1n) is 13.0. The molecule has 0 spiro atoms. The Bertz CT molecular complexity index is 1690. The molecular weight excluding hydrogens is 472 g/mol. The van der Waals surface area contributed by atoms with Gasteiger partial charge in [0, 0.05) is 16.8 Å². The number of Topliss-reactive ketones (excluding diaryl/α,β-unsaturated/α-hetero) is 1. The van der Waals surface area contributed by atoms with Crippen molar-refractivity contribution in [3.05, 3.63) is 113 Å². The molecule has 4 atom stereocenters. The average molecular weight is 499 g/mol. The van der Waals surface area contributed by atoms with Crippen LogP contribution >= 0.6 is 0 Å². The fourth-order valence-corrected chi connectivity index (χ4v) is 6.69. The molecule has 4 aromatic carbocycles. The molecule has 5 heteroatoms. The van der Waals surface area contributed by atoms with Gasteiger partial charge in [0.1, 0.15) is 6.04 Å². The van der Waals surface area contributed by atoms with Crippen molar-refractivity contribution in [2.24, 2.45) is 11.8 Å². The number of hydrogen-bond acceptors (Lipinski definition) is 4. The number of benzene rings is 4. The molecule has 3 heterocycles. The highest BCUT2D eigenvalue weighted by molar-refractivity contribution is 6.26. The van der Waals surface area contributed by atoms with Crippen LogP contribution in [0, 0.1) is 25.7 Å². The van der Waals surface area contributed by atoms with Crippen LogP contribution in [-0.2, 0) is 9.59 Å². The van der Waals surface area contributed by atoms with E-state index < -0.39 is 23.9 Å². The van der Waals surface area contributed by atoms with Gasteiger partial charge in [0.2, 0.25) is 11.8 Å². The van der Waals surface area contributed by atoms with Crippen LogP contribution in [0.1, 0.15) is 27.0 Å². The summed E-state index contributed by atoms with van der Waals surface area (Å²) in [6.45, 7) is 3.90. The molecule has 2 amide bonds. The molecule has 4 aromatic rings. The molecule has 0 radical (unpaired) electrons. The molecule has 0 unspecified atom stereocenters. The van der Waals surface area contributed by atoms with E-state index in [4.69, 9.17) is 0 Å². The van der Waals surface area contributed by atoms with Crippen LogP contribution in [0.4, 0.5) is 11.4 Å². The molecule has 5 nitrogen and oxygen atoms in total. The second-order valence-electron chi connectivity index (χ2n) is 10.5. The van der Waals surface area contributed by atoms with E-state index in [0.29, 0.717) is 11.3 Å². The Kier molecular flexibility index (Phi) is 4.92. The third-order valence-electron chi connectivity index (χ3n) is 8.33. The Morgan fingerprint density at radius 2 is 1.47 bits per heavy atom. The summed E-state index contributed by atoms with van der Waals surface area (Å²) in [5, 5.41) is 2.19. The number of carbonyl (C=O) groups is 3. The number of hydrogen-bond donors (Lipinski definition) is 0. The fourth-order valence-electron chi connectivity index (χ4n) is 6.69. The quantitative estimate of drug-likeness (QED) is 0.267. The number of ketones is 1. The van der Waals surface area contributed by atoms with Crippen LogP contribution in [0.5, 0.6) is 0 Å². The van der Waals surface area contributed by atoms with Gasteiger partial charge in [-0.3, -0.25) is 14.4 Å². The lowest BCUT2D eigenvalue weighted by Gasteiger charge is -2.37. The van der Waals surface area contributed by atoms with Crippen LogP contribution in [0.2, 0.25) is 0 Å². The maximum absolute atomic E-state index is 14.2. The fraction of sp³-hybridized carbons (Fsp3) is 0.182. The SMILES string of the molecule is Cc1ccc(N2C(=O)[C@@H]3[C@H](C2=O)[C@H](C(=O)c2ccccc2)N2c4ccc5ccccc5c4C=C[C@H]32)c(C)c1. The smallest absolute Gasteiger partial charge is 0.240 e. The van der Waals surface area contributed by atoms with Crippen molar-refractivity contribution < 1.29 is 14.4 Å². The lowest BCUT2D eigenvalue weighted by molar-refractivity contribution is -0.122. The first-order valence-corrected chi connectivity index (χ1v) is 13.0. The predicted molar refractivity (Wildman–Crippen MR) is 149 cm³/mol. The zero-order valence-electron chi connectivity index (χ0n) is 21.2. The summed E-state index contributed by atoms with van der Waals surface area (Å²) in [6.07, 6.45) is 4.07. The van der Waals surface area contributed by atoms with Gasteiger partial charge in [-0.25, -0.2) is 4.90 Å². The van der Waals surface area contributed by atoms with Gasteiger partial charge in [-0.15, -0.1) is 0 Å². The molecule has 186 valence electrons. The van der Waals surface area contributed by atoms with Crippen LogP contribution in [0.15, 0.2) is 91.0 Å². The minimum Gasteiger partial charge on any atom is -0.352 e. The highest BCUT2D eigenvalue weighted by Gasteiger charge is 2.64. The lowest BCUT2D eigenvalue weighted by Crippen LogP contribution is -2.49. The first-order chi connectivity index (χ1) is 18.5. The third-order valence-corrected chi connectivity index (χ3v) is 8.33. The van der Waals surface area contributed by atoms with E-state index in [-0.39, 0.29) is 17.6 Å². The van der Waals surface area contributed by atoms with Crippen LogP contribution in [0.25, 0.3) is 16.8 Å². The van der Waals surface area contributed by atoms with Crippen LogP contribution < -0.4 is 9.80 Å². The summed E-state index contributed by atoms with van der Waals surface area (Å²) in [6, 6.07) is 25.9. The van der Waals surface area contributed by atoms with E-state index in [9.17, 15) is 14.4 Å². The number of anilines is 2. The molecule has 3 aliphatic rings. The molecule has 0 aromatic heterocycles. The summed E-state index contributed by atoms with van der Waals surface area (Å²) in [5.74, 6) is -2.09. The van der Waals surface area contributed by atoms with Gasteiger partial charge in [-0.2, -0.15) is 0 Å². The number of fused-ring (bicyclic) bond motifs is 7. The summed E-state index contributed by atoms with van der Waals surface area (Å²) in [4.78, 5) is 45.8. The number of amides is 2. The first kappa shape index (κ1) is 22.7. The Labute approximate surface area is 221 Å². The van der Waals surface area contributed by atoms with Gasteiger partial charge in [-0.05, 0) is 42.3 Å². The monoisotopic (exact) mass is 498 g/mol. The second-order valence-corrected chi connectivity index (χ2v) is 10.5. The Morgan fingerprint density at radius 1 is 0.763 bits per heavy atom. The van der Waals surface area contributed by atoms with E-state index in [2.05, 4.69) is 18.2 Å². The van der Waals surface area contributed by atoms with Gasteiger partial charge >= 0.3 is 0 Å². The number of imide groups is 1. The van der Waals surface area contributed by atoms with Crippen molar-refractivity contribution in [3.63, 3.8) is 0 Å². The zero-order valence-corrected chi connectivity index (χ0v) is 21.2. The predicted octanol–water partition coefficient (Wildman–Crippen LogP) is 5.73. The van der Waals surface area contributed by atoms with Crippen molar-refractivity contribution in [2.75, 3.05) is 9.80 Å². The Morgan fingerprint density at radius 3 is 2.26 bits per heavy atom. The van der Waals surface area contributed by atoms with Crippen molar-refractivity contribution >= 4 is 45.8 Å². The second kappa shape index (κ2) is 8.25. The summed E-state index contributed by atoms with van der Waals surface area (Å²) in [5.41, 5.74) is 4.97. The van der Waals surface area contributed by atoms with Crippen LogP contribution in [-0.4, -0.2) is 29.7 Å². The van der Waals surface area contributed by atoms with Crippen molar-refractivity contribution in [1.29, 1.82) is 0 Å². The minimum atomic E-state index is -0.788. The molecule has 3 aliphatic heterocycles. The normalized spacial score (nSPS) is 23.5. The van der Waals surface area contributed by atoms with E-state index in [1.54, 1.807) is 12.1 Å². The van der Waals surface area contributed by atoms with Gasteiger partial charge in [0.25, 0.3) is 0 Å². The molecule has 0 bridgehead atoms. The molecular formula is C33H26N2O3. The van der Waals surface area contributed by atoms with E-state index in [0.717, 1.165) is 33.2 Å². The lowest BCUT2D eigenvalue weighted by atomic mass is 9.86. The van der Waals surface area contributed by atoms with E-state index in [1.807, 2.05) is 85.5 Å². The molecule has 2 fully saturated rings. The number of aryl methyl sites for hydroxylation is 2. The van der Waals surface area contributed by atoms with Crippen molar-refractivity contribution in [2.45, 2.75) is 25.9 Å². The average Bonchev–Trinajstić information content (AvgIpc) is 3.41. The molecule has 0 aliphatic carbocycles. The molecule has 0 N–H and O–H groups in total. The maximum Gasteiger partial charge on any atom is 0.240 e. The molecule has 38 heavy (non-hydrogen) atoms. The van der Waals surface area contributed by atoms with Crippen molar-refractivity contribution in [1.82, 2.24) is 0 Å². The summed E-state index contributed by atoms with van der Waals surface area (Å²) in [7, 11) is 0. The summed E-state index contributed by atoms with van der Waals surface area (Å²) < 4.78 is 0. The maximum atomic E-state index is 14.2. The van der Waals surface area contributed by atoms with Gasteiger partial charge in [0.05, 0.1) is 23.6 Å². The highest BCUT2D eigenvalue weighted by Crippen LogP contribution is 2.51. The molecule has 7 rings (SSSR count). The molecule has 0 saturated carbocycles. The van der Waals surface area contributed by atoms with Gasteiger partial charge in [-0.1, -0.05) is 90.5 Å². The summed E-state index contributed by atoms with van der Waals surface area (Å²) >= 11 is 0. The third kappa shape index (κ3) is 3.08. The standard InChI is InChI=1S/C33H26N2O3/c1-19-12-15-25(20(2)18-19)35-32(37)28-27-17-14-24-23-11-7-6-8-21(23)13-16-26(24)34(27)30(29(28)33(35)38)31(36)22-9-4-3-5-10-22/h3-18,27-30H,1-2H3/t27-,28+,29+,30-/m1/s1.